The standard InChI is InChI=1S/C12H10OS/c1-7-6-9-8-4-2-3-5-10(8)14-12(9)11(7)13/h2-5,7H,6H2,1H3. The fourth-order valence-corrected chi connectivity index (χ4v) is 3.41. The maximum atomic E-state index is 11.8. The van der Waals surface area contributed by atoms with Crippen LogP contribution >= 0.6 is 11.3 Å². The Morgan fingerprint density at radius 2 is 2.14 bits per heavy atom. The van der Waals surface area contributed by atoms with Gasteiger partial charge < -0.3 is 0 Å². The summed E-state index contributed by atoms with van der Waals surface area (Å²) in [6, 6.07) is 8.29. The predicted molar refractivity (Wildman–Crippen MR) is 59.0 cm³/mol. The van der Waals surface area contributed by atoms with E-state index in [1.807, 2.05) is 19.1 Å². The minimum atomic E-state index is 0.195. The van der Waals surface area contributed by atoms with Crippen LogP contribution in [-0.2, 0) is 6.42 Å². The predicted octanol–water partition coefficient (Wildman–Crippen LogP) is 3.28. The Balaban J connectivity index is 2.36. The smallest absolute Gasteiger partial charge is 0.176 e. The molecular weight excluding hydrogens is 192 g/mol. The normalized spacial score (nSPS) is 20.4. The number of ketones is 1. The van der Waals surface area contributed by atoms with Gasteiger partial charge in [0.05, 0.1) is 4.88 Å². The van der Waals surface area contributed by atoms with Crippen molar-refractivity contribution in [1.82, 2.24) is 0 Å². The Hall–Kier alpha value is -1.15. The maximum absolute atomic E-state index is 11.8. The van der Waals surface area contributed by atoms with Crippen LogP contribution in [0.2, 0.25) is 0 Å². The van der Waals surface area contributed by atoms with Gasteiger partial charge in [-0.1, -0.05) is 25.1 Å². The molecule has 1 aromatic heterocycles. The topological polar surface area (TPSA) is 17.1 Å². The Kier molecular flexibility index (Phi) is 1.56. The lowest BCUT2D eigenvalue weighted by molar-refractivity contribution is 0.0949. The molecule has 14 heavy (non-hydrogen) atoms. The first-order valence-corrected chi connectivity index (χ1v) is 5.63. The zero-order valence-corrected chi connectivity index (χ0v) is 8.73. The first kappa shape index (κ1) is 8.18. The Labute approximate surface area is 86.4 Å². The van der Waals surface area contributed by atoms with Crippen molar-refractivity contribution in [2.75, 3.05) is 0 Å². The Bertz CT molecular complexity index is 524. The van der Waals surface area contributed by atoms with E-state index < -0.39 is 0 Å². The molecule has 0 aliphatic heterocycles. The number of rotatable bonds is 0. The molecule has 1 atom stereocenters. The molecule has 1 unspecified atom stereocenters. The van der Waals surface area contributed by atoms with Gasteiger partial charge in [0.1, 0.15) is 0 Å². The highest BCUT2D eigenvalue weighted by Crippen LogP contribution is 2.39. The van der Waals surface area contributed by atoms with E-state index in [2.05, 4.69) is 12.1 Å². The lowest BCUT2D eigenvalue weighted by Crippen LogP contribution is -2.02. The summed E-state index contributed by atoms with van der Waals surface area (Å²) >= 11 is 1.65. The second-order valence-corrected chi connectivity index (χ2v) is 4.93. The molecule has 0 fully saturated rings. The van der Waals surface area contributed by atoms with Crippen LogP contribution in [-0.4, -0.2) is 5.78 Å². The molecule has 0 radical (unpaired) electrons. The van der Waals surface area contributed by atoms with Crippen LogP contribution in [0.1, 0.15) is 22.2 Å². The fraction of sp³-hybridized carbons (Fsp3) is 0.250. The summed E-state index contributed by atoms with van der Waals surface area (Å²) in [4.78, 5) is 12.8. The van der Waals surface area contributed by atoms with E-state index in [0.29, 0.717) is 5.78 Å². The summed E-state index contributed by atoms with van der Waals surface area (Å²) in [5.74, 6) is 0.530. The molecule has 0 spiro atoms. The quantitative estimate of drug-likeness (QED) is 0.640. The van der Waals surface area contributed by atoms with Gasteiger partial charge in [-0.2, -0.15) is 0 Å². The molecule has 1 aromatic carbocycles. The molecule has 3 rings (SSSR count). The van der Waals surface area contributed by atoms with Crippen molar-refractivity contribution < 1.29 is 4.79 Å². The third-order valence-electron chi connectivity index (χ3n) is 2.88. The van der Waals surface area contributed by atoms with Crippen LogP contribution in [0.5, 0.6) is 0 Å². The summed E-state index contributed by atoms with van der Waals surface area (Å²) in [5.41, 5.74) is 1.28. The molecule has 1 heterocycles. The zero-order chi connectivity index (χ0) is 9.71. The van der Waals surface area contributed by atoms with Gasteiger partial charge in [-0.05, 0) is 23.4 Å². The second kappa shape index (κ2) is 2.67. The SMILES string of the molecule is CC1Cc2c(sc3ccccc23)C1=O. The third kappa shape index (κ3) is 0.919. The lowest BCUT2D eigenvalue weighted by atomic mass is 10.1. The molecule has 2 heteroatoms. The van der Waals surface area contributed by atoms with E-state index in [0.717, 1.165) is 11.3 Å². The van der Waals surface area contributed by atoms with Crippen LogP contribution in [0, 0.1) is 5.92 Å². The van der Waals surface area contributed by atoms with Crippen LogP contribution in [0.3, 0.4) is 0 Å². The van der Waals surface area contributed by atoms with Crippen molar-refractivity contribution in [3.05, 3.63) is 34.7 Å². The third-order valence-corrected chi connectivity index (χ3v) is 4.11. The second-order valence-electron chi connectivity index (χ2n) is 3.88. The summed E-state index contributed by atoms with van der Waals surface area (Å²) in [6.07, 6.45) is 0.929. The van der Waals surface area contributed by atoms with Gasteiger partial charge in [-0.25, -0.2) is 0 Å². The van der Waals surface area contributed by atoms with Gasteiger partial charge in [0.15, 0.2) is 5.78 Å². The van der Waals surface area contributed by atoms with Crippen LogP contribution < -0.4 is 0 Å². The number of benzene rings is 1. The zero-order valence-electron chi connectivity index (χ0n) is 7.91. The number of hydrogen-bond acceptors (Lipinski definition) is 2. The van der Waals surface area contributed by atoms with Gasteiger partial charge in [0.2, 0.25) is 0 Å². The van der Waals surface area contributed by atoms with Crippen LogP contribution in [0.25, 0.3) is 10.1 Å². The van der Waals surface area contributed by atoms with Gasteiger partial charge in [-0.15, -0.1) is 11.3 Å². The van der Waals surface area contributed by atoms with E-state index >= 15 is 0 Å². The van der Waals surface area contributed by atoms with Gasteiger partial charge in [0, 0.05) is 10.6 Å². The Morgan fingerprint density at radius 3 is 3.00 bits per heavy atom. The van der Waals surface area contributed by atoms with E-state index in [1.165, 1.54) is 15.6 Å². The van der Waals surface area contributed by atoms with Crippen molar-refractivity contribution in [3.8, 4) is 0 Å². The van der Waals surface area contributed by atoms with Gasteiger partial charge in [0.25, 0.3) is 0 Å². The largest absolute Gasteiger partial charge is 0.293 e. The van der Waals surface area contributed by atoms with Crippen LogP contribution in [0.15, 0.2) is 24.3 Å². The summed E-state index contributed by atoms with van der Waals surface area (Å²) in [5, 5.41) is 1.28. The number of Topliss-reactive ketones (excluding diaryl/α,β-unsaturated/α-hetero) is 1. The molecule has 1 nitrogen and oxygen atoms in total. The van der Waals surface area contributed by atoms with Gasteiger partial charge in [-0.3, -0.25) is 4.79 Å². The fourth-order valence-electron chi connectivity index (χ4n) is 2.12. The summed E-state index contributed by atoms with van der Waals surface area (Å²) in [7, 11) is 0. The Morgan fingerprint density at radius 1 is 1.36 bits per heavy atom. The highest BCUT2D eigenvalue weighted by atomic mass is 32.1. The average molecular weight is 202 g/mol. The molecule has 70 valence electrons. The highest BCUT2D eigenvalue weighted by Gasteiger charge is 2.30. The molecule has 2 aromatic rings. The minimum absolute atomic E-state index is 0.195. The molecule has 1 aliphatic carbocycles. The van der Waals surface area contributed by atoms with Crippen molar-refractivity contribution >= 4 is 27.2 Å². The average Bonchev–Trinajstić information content (AvgIpc) is 2.67. The van der Waals surface area contributed by atoms with Crippen molar-refractivity contribution in [2.45, 2.75) is 13.3 Å². The number of fused-ring (bicyclic) bond motifs is 3. The molecule has 0 saturated carbocycles. The minimum Gasteiger partial charge on any atom is -0.293 e. The molecule has 0 bridgehead atoms. The maximum Gasteiger partial charge on any atom is 0.176 e. The van der Waals surface area contributed by atoms with E-state index in [9.17, 15) is 4.79 Å². The molecule has 1 aliphatic rings. The summed E-state index contributed by atoms with van der Waals surface area (Å²) in [6.45, 7) is 2.02. The first-order valence-electron chi connectivity index (χ1n) is 4.82. The molecule has 0 amide bonds. The first-order chi connectivity index (χ1) is 6.77. The monoisotopic (exact) mass is 202 g/mol. The summed E-state index contributed by atoms with van der Waals surface area (Å²) < 4.78 is 1.25. The van der Waals surface area contributed by atoms with E-state index in [-0.39, 0.29) is 5.92 Å². The lowest BCUT2D eigenvalue weighted by Gasteiger charge is -1.97. The van der Waals surface area contributed by atoms with E-state index in [1.54, 1.807) is 11.3 Å². The number of carbonyl (C=O) groups is 1. The van der Waals surface area contributed by atoms with Crippen molar-refractivity contribution in [1.29, 1.82) is 0 Å². The van der Waals surface area contributed by atoms with E-state index in [4.69, 9.17) is 0 Å². The molecule has 0 saturated heterocycles. The van der Waals surface area contributed by atoms with Crippen molar-refractivity contribution in [3.63, 3.8) is 0 Å². The molecular formula is C12H10OS. The number of thiophene rings is 1. The number of carbonyl (C=O) groups excluding carboxylic acids is 1. The molecule has 0 N–H and O–H groups in total. The van der Waals surface area contributed by atoms with Gasteiger partial charge >= 0.3 is 0 Å². The van der Waals surface area contributed by atoms with Crippen molar-refractivity contribution in [2.24, 2.45) is 5.92 Å². The van der Waals surface area contributed by atoms with Crippen LogP contribution in [0.4, 0.5) is 0 Å². The highest BCUT2D eigenvalue weighted by molar-refractivity contribution is 7.21. The number of hydrogen-bond donors (Lipinski definition) is 0.